The lowest BCUT2D eigenvalue weighted by Gasteiger charge is -2.34. The maximum Gasteiger partial charge on any atom is 0.268 e. The summed E-state index contributed by atoms with van der Waals surface area (Å²) in [4.78, 5) is 0. The fourth-order valence-corrected chi connectivity index (χ4v) is 4.15. The van der Waals surface area contributed by atoms with E-state index in [2.05, 4.69) is 0 Å². The van der Waals surface area contributed by atoms with Crippen LogP contribution in [-0.2, 0) is 20.2 Å². The van der Waals surface area contributed by atoms with Gasteiger partial charge in [-0.2, -0.15) is 16.8 Å². The van der Waals surface area contributed by atoms with Crippen LogP contribution in [0.2, 0.25) is 0 Å². The Balaban J connectivity index is 0.000000553. The van der Waals surface area contributed by atoms with Crippen LogP contribution in [0.5, 0.6) is 0 Å². The summed E-state index contributed by atoms with van der Waals surface area (Å²) in [6, 6.07) is 10.6. The summed E-state index contributed by atoms with van der Waals surface area (Å²) in [5, 5.41) is 0. The van der Waals surface area contributed by atoms with Crippen molar-refractivity contribution in [1.82, 2.24) is 0 Å². The molecule has 168 valence electrons. The molecular formula is C18H24F2N2O6S2. The summed E-state index contributed by atoms with van der Waals surface area (Å²) in [5.41, 5.74) is 9.91. The van der Waals surface area contributed by atoms with Gasteiger partial charge < -0.3 is 11.5 Å². The lowest BCUT2D eigenvalue weighted by atomic mass is 9.82. The van der Waals surface area contributed by atoms with Crippen LogP contribution >= 0.6 is 0 Å². The quantitative estimate of drug-likeness (QED) is 0.355. The molecule has 0 aromatic heterocycles. The number of halogens is 2. The van der Waals surface area contributed by atoms with Crippen LogP contribution in [0.15, 0.2) is 48.5 Å². The predicted octanol–water partition coefficient (Wildman–Crippen LogP) is 1.88. The zero-order valence-electron chi connectivity index (χ0n) is 16.1. The topological polar surface area (TPSA) is 161 Å². The number of benzene rings is 2. The standard InChI is InChI=1S/C15H16F2N2O3S.C3H8O3S/c16-11-5-3-4-10(8-11)14(12-6-1-2-7-13(12)17)15(18,19)9-23(20,21)22;1-2-3-7(4,5)6/h1-8,14H,9,18-19H2,(H,20,21,22);2-3H2,1H3,(H,4,5,6). The SMILES string of the molecule is CCCS(=O)(=O)O.NC(N)(CS(=O)(=O)O)C(c1cccc(F)c1)c1ccccc1F. The molecule has 1 unspecified atom stereocenters. The molecule has 0 heterocycles. The first-order valence-corrected chi connectivity index (χ1v) is 11.9. The van der Waals surface area contributed by atoms with Crippen LogP contribution in [-0.4, -0.2) is 43.1 Å². The number of rotatable bonds is 7. The lowest BCUT2D eigenvalue weighted by Crippen LogP contribution is -2.59. The Kier molecular flexibility index (Phi) is 9.02. The van der Waals surface area contributed by atoms with Crippen LogP contribution in [0.25, 0.3) is 0 Å². The van der Waals surface area contributed by atoms with Crippen LogP contribution in [0.3, 0.4) is 0 Å². The highest BCUT2D eigenvalue weighted by atomic mass is 32.2. The van der Waals surface area contributed by atoms with Crippen molar-refractivity contribution in [3.05, 3.63) is 71.3 Å². The van der Waals surface area contributed by atoms with E-state index in [0.717, 1.165) is 12.1 Å². The highest BCUT2D eigenvalue weighted by Crippen LogP contribution is 2.33. The van der Waals surface area contributed by atoms with Crippen molar-refractivity contribution in [3.8, 4) is 0 Å². The smallest absolute Gasteiger partial charge is 0.268 e. The average Bonchev–Trinajstić information content (AvgIpc) is 2.54. The highest BCUT2D eigenvalue weighted by molar-refractivity contribution is 7.86. The average molecular weight is 467 g/mol. The third kappa shape index (κ3) is 8.81. The van der Waals surface area contributed by atoms with Crippen molar-refractivity contribution >= 4 is 20.2 Å². The first kappa shape index (κ1) is 26.1. The monoisotopic (exact) mass is 466 g/mol. The van der Waals surface area contributed by atoms with E-state index < -0.39 is 49.2 Å². The van der Waals surface area contributed by atoms with E-state index in [1.807, 2.05) is 0 Å². The predicted molar refractivity (Wildman–Crippen MR) is 109 cm³/mol. The number of hydrogen-bond donors (Lipinski definition) is 4. The normalized spacial score (nSPS) is 13.3. The molecule has 2 aromatic carbocycles. The minimum Gasteiger partial charge on any atom is -0.312 e. The zero-order chi connectivity index (χ0) is 23.2. The van der Waals surface area contributed by atoms with Gasteiger partial charge in [0.1, 0.15) is 17.4 Å². The molecule has 0 amide bonds. The van der Waals surface area contributed by atoms with Gasteiger partial charge in [-0.15, -0.1) is 0 Å². The van der Waals surface area contributed by atoms with E-state index in [-0.39, 0.29) is 16.9 Å². The lowest BCUT2D eigenvalue weighted by molar-refractivity contribution is 0.396. The maximum atomic E-state index is 14.2. The van der Waals surface area contributed by atoms with Gasteiger partial charge in [-0.3, -0.25) is 9.11 Å². The van der Waals surface area contributed by atoms with Crippen LogP contribution in [0, 0.1) is 11.6 Å². The van der Waals surface area contributed by atoms with Crippen molar-refractivity contribution in [3.63, 3.8) is 0 Å². The van der Waals surface area contributed by atoms with Gasteiger partial charge in [0.25, 0.3) is 20.2 Å². The van der Waals surface area contributed by atoms with E-state index in [0.29, 0.717) is 6.42 Å². The van der Waals surface area contributed by atoms with Crippen molar-refractivity contribution in [2.24, 2.45) is 11.5 Å². The summed E-state index contributed by atoms with van der Waals surface area (Å²) in [5.74, 6) is -3.60. The molecule has 0 fully saturated rings. The summed E-state index contributed by atoms with van der Waals surface area (Å²) < 4.78 is 86.7. The molecule has 2 rings (SSSR count). The molecular weight excluding hydrogens is 442 g/mol. The van der Waals surface area contributed by atoms with Crippen LogP contribution in [0.1, 0.15) is 30.4 Å². The molecule has 0 aliphatic rings. The Morgan fingerprint density at radius 2 is 1.57 bits per heavy atom. The summed E-state index contributed by atoms with van der Waals surface area (Å²) in [6.07, 6.45) is 0.471. The molecule has 0 bridgehead atoms. The minimum absolute atomic E-state index is 0.00625. The second kappa shape index (κ2) is 10.4. The second-order valence-electron chi connectivity index (χ2n) is 6.63. The molecule has 6 N–H and O–H groups in total. The summed E-state index contributed by atoms with van der Waals surface area (Å²) >= 11 is 0. The Hall–Kier alpha value is -1.96. The molecule has 0 radical (unpaired) electrons. The van der Waals surface area contributed by atoms with Gasteiger partial charge in [0.2, 0.25) is 0 Å². The van der Waals surface area contributed by atoms with Gasteiger partial charge in [0, 0.05) is 5.92 Å². The van der Waals surface area contributed by atoms with Crippen molar-refractivity contribution in [1.29, 1.82) is 0 Å². The summed E-state index contributed by atoms with van der Waals surface area (Å²) in [6.45, 7) is 1.69. The van der Waals surface area contributed by atoms with E-state index >= 15 is 0 Å². The molecule has 0 saturated heterocycles. The fraction of sp³-hybridized carbons (Fsp3) is 0.333. The van der Waals surface area contributed by atoms with Crippen molar-refractivity contribution < 1.29 is 34.7 Å². The third-order valence-corrected chi connectivity index (χ3v) is 5.62. The fourth-order valence-electron chi connectivity index (χ4n) is 2.83. The minimum atomic E-state index is -4.53. The Morgan fingerprint density at radius 3 is 2.00 bits per heavy atom. The van der Waals surface area contributed by atoms with Gasteiger partial charge >= 0.3 is 0 Å². The molecule has 12 heteroatoms. The Labute approximate surface area is 174 Å². The van der Waals surface area contributed by atoms with Gasteiger partial charge in [-0.05, 0) is 35.7 Å². The molecule has 1 atom stereocenters. The van der Waals surface area contributed by atoms with Gasteiger partial charge in [-0.1, -0.05) is 37.3 Å². The molecule has 0 aliphatic heterocycles. The highest BCUT2D eigenvalue weighted by Gasteiger charge is 2.38. The third-order valence-electron chi connectivity index (χ3n) is 3.83. The zero-order valence-corrected chi connectivity index (χ0v) is 17.7. The van der Waals surface area contributed by atoms with Crippen molar-refractivity contribution in [2.45, 2.75) is 24.9 Å². The molecule has 0 spiro atoms. The molecule has 2 aromatic rings. The van der Waals surface area contributed by atoms with E-state index in [1.54, 1.807) is 6.92 Å². The van der Waals surface area contributed by atoms with Crippen molar-refractivity contribution in [2.75, 3.05) is 11.5 Å². The van der Waals surface area contributed by atoms with E-state index in [1.165, 1.54) is 36.4 Å². The number of hydrogen-bond acceptors (Lipinski definition) is 6. The number of nitrogens with two attached hydrogens (primary N) is 2. The van der Waals surface area contributed by atoms with Gasteiger partial charge in [0.05, 0.1) is 11.4 Å². The van der Waals surface area contributed by atoms with Crippen LogP contribution in [0.4, 0.5) is 8.78 Å². The summed E-state index contributed by atoms with van der Waals surface area (Å²) in [7, 11) is -8.21. The maximum absolute atomic E-state index is 14.2. The molecule has 8 nitrogen and oxygen atoms in total. The molecule has 0 aliphatic carbocycles. The van der Waals surface area contributed by atoms with Gasteiger partial charge in [-0.25, -0.2) is 8.78 Å². The Bertz CT molecular complexity index is 1060. The largest absolute Gasteiger partial charge is 0.312 e. The molecule has 30 heavy (non-hydrogen) atoms. The van der Waals surface area contributed by atoms with E-state index in [9.17, 15) is 25.6 Å². The van der Waals surface area contributed by atoms with Gasteiger partial charge in [0.15, 0.2) is 0 Å². The first-order valence-electron chi connectivity index (χ1n) is 8.64. The molecule has 0 saturated carbocycles. The van der Waals surface area contributed by atoms with Crippen LogP contribution < -0.4 is 11.5 Å². The van der Waals surface area contributed by atoms with E-state index in [4.69, 9.17) is 20.6 Å². The first-order chi connectivity index (χ1) is 13.7. The second-order valence-corrected chi connectivity index (χ2v) is 9.66. The Morgan fingerprint density at radius 1 is 0.967 bits per heavy atom.